The van der Waals surface area contributed by atoms with Crippen LogP contribution in [-0.4, -0.2) is 4.98 Å². The lowest BCUT2D eigenvalue weighted by Crippen LogP contribution is -1.77. The van der Waals surface area contributed by atoms with Gasteiger partial charge in [-0.2, -0.15) is 0 Å². The van der Waals surface area contributed by atoms with Crippen molar-refractivity contribution in [3.63, 3.8) is 0 Å². The van der Waals surface area contributed by atoms with Crippen molar-refractivity contribution in [2.24, 2.45) is 0 Å². The summed E-state index contributed by atoms with van der Waals surface area (Å²) in [7, 11) is 0. The van der Waals surface area contributed by atoms with E-state index in [-0.39, 0.29) is 0 Å². The zero-order valence-corrected chi connectivity index (χ0v) is 9.68. The highest BCUT2D eigenvalue weighted by Crippen LogP contribution is 2.17. The first kappa shape index (κ1) is 10.1. The first-order valence-corrected chi connectivity index (χ1v) is 5.48. The van der Waals surface area contributed by atoms with Gasteiger partial charge in [-0.25, -0.2) is 0 Å². The van der Waals surface area contributed by atoms with Gasteiger partial charge in [0.05, 0.1) is 0 Å². The van der Waals surface area contributed by atoms with Gasteiger partial charge in [-0.15, -0.1) is 0 Å². The van der Waals surface area contributed by atoms with Crippen molar-refractivity contribution >= 4 is 28.1 Å². The summed E-state index contributed by atoms with van der Waals surface area (Å²) in [6.07, 6.45) is 7.74. The number of aromatic nitrogens is 1. The molecule has 1 nitrogen and oxygen atoms in total. The molecule has 0 spiro atoms. The number of pyridine rings is 1. The number of hydrogen-bond acceptors (Lipinski definition) is 1. The third-order valence-corrected chi connectivity index (χ3v) is 2.72. The summed E-state index contributed by atoms with van der Waals surface area (Å²) in [5, 5.41) is 0. The second-order valence-electron chi connectivity index (χ2n) is 3.14. The molecule has 0 radical (unpaired) electrons. The van der Waals surface area contributed by atoms with E-state index in [0.29, 0.717) is 0 Å². The number of benzene rings is 1. The Morgan fingerprint density at radius 1 is 1.00 bits per heavy atom. The van der Waals surface area contributed by atoms with Crippen molar-refractivity contribution in [1.82, 2.24) is 4.98 Å². The number of rotatable bonds is 2. The molecule has 15 heavy (non-hydrogen) atoms. The summed E-state index contributed by atoms with van der Waals surface area (Å²) in [5.41, 5.74) is 2.33. The fourth-order valence-electron chi connectivity index (χ4n) is 1.27. The van der Waals surface area contributed by atoms with E-state index in [1.165, 1.54) is 5.56 Å². The van der Waals surface area contributed by atoms with Crippen molar-refractivity contribution in [2.75, 3.05) is 0 Å². The fraction of sp³-hybridized carbons (Fsp3) is 0. The SMILES string of the molecule is Brc1cnccc1C=Cc1ccccc1. The minimum absolute atomic E-state index is 1.01. The van der Waals surface area contributed by atoms with Crippen LogP contribution in [0.25, 0.3) is 12.2 Å². The van der Waals surface area contributed by atoms with Crippen LogP contribution in [0.3, 0.4) is 0 Å². The first-order chi connectivity index (χ1) is 7.36. The topological polar surface area (TPSA) is 12.9 Å². The molecule has 0 aliphatic heterocycles. The summed E-state index contributed by atoms with van der Waals surface area (Å²) >= 11 is 3.46. The summed E-state index contributed by atoms with van der Waals surface area (Å²) in [5.74, 6) is 0. The Morgan fingerprint density at radius 2 is 1.80 bits per heavy atom. The van der Waals surface area contributed by atoms with E-state index in [0.717, 1.165) is 10.0 Å². The minimum atomic E-state index is 1.01. The molecule has 0 unspecified atom stereocenters. The van der Waals surface area contributed by atoms with Gasteiger partial charge in [0.2, 0.25) is 0 Å². The molecule has 1 heterocycles. The Balaban J connectivity index is 2.23. The Kier molecular flexibility index (Phi) is 3.30. The maximum atomic E-state index is 4.02. The van der Waals surface area contributed by atoms with Gasteiger partial charge >= 0.3 is 0 Å². The number of halogens is 1. The highest BCUT2D eigenvalue weighted by molar-refractivity contribution is 9.10. The molecule has 0 atom stereocenters. The Labute approximate surface area is 97.6 Å². The molecule has 74 valence electrons. The van der Waals surface area contributed by atoms with Crippen LogP contribution in [-0.2, 0) is 0 Å². The van der Waals surface area contributed by atoms with Gasteiger partial charge in [0.25, 0.3) is 0 Å². The summed E-state index contributed by atoms with van der Waals surface area (Å²) in [4.78, 5) is 4.02. The van der Waals surface area contributed by atoms with Crippen LogP contribution >= 0.6 is 15.9 Å². The summed E-state index contributed by atoms with van der Waals surface area (Å²) in [6, 6.07) is 12.2. The monoisotopic (exact) mass is 259 g/mol. The van der Waals surface area contributed by atoms with Gasteiger partial charge in [0.15, 0.2) is 0 Å². The van der Waals surface area contributed by atoms with Crippen molar-refractivity contribution < 1.29 is 0 Å². The highest BCUT2D eigenvalue weighted by atomic mass is 79.9. The molecular formula is C13H10BrN. The van der Waals surface area contributed by atoms with Crippen LogP contribution in [0.5, 0.6) is 0 Å². The maximum absolute atomic E-state index is 4.02. The van der Waals surface area contributed by atoms with E-state index < -0.39 is 0 Å². The van der Waals surface area contributed by atoms with Gasteiger partial charge in [-0.3, -0.25) is 4.98 Å². The summed E-state index contributed by atoms with van der Waals surface area (Å²) in [6.45, 7) is 0. The molecule has 0 N–H and O–H groups in total. The molecule has 0 aliphatic rings. The van der Waals surface area contributed by atoms with Crippen molar-refractivity contribution in [3.05, 3.63) is 64.4 Å². The lowest BCUT2D eigenvalue weighted by molar-refractivity contribution is 1.30. The maximum Gasteiger partial charge on any atom is 0.0431 e. The van der Waals surface area contributed by atoms with E-state index in [9.17, 15) is 0 Å². The molecule has 0 fully saturated rings. The smallest absolute Gasteiger partial charge is 0.0431 e. The van der Waals surface area contributed by atoms with Gasteiger partial charge in [-0.05, 0) is 33.1 Å². The zero-order valence-electron chi connectivity index (χ0n) is 8.10. The molecule has 2 heteroatoms. The molecule has 0 saturated carbocycles. The van der Waals surface area contributed by atoms with E-state index in [1.54, 1.807) is 12.4 Å². The third kappa shape index (κ3) is 2.77. The number of nitrogens with zero attached hydrogens (tertiary/aromatic N) is 1. The van der Waals surface area contributed by atoms with E-state index in [4.69, 9.17) is 0 Å². The largest absolute Gasteiger partial charge is 0.264 e. The van der Waals surface area contributed by atoms with Gasteiger partial charge in [0.1, 0.15) is 0 Å². The lowest BCUT2D eigenvalue weighted by atomic mass is 10.1. The molecule has 0 bridgehead atoms. The quantitative estimate of drug-likeness (QED) is 0.794. The van der Waals surface area contributed by atoms with Crippen molar-refractivity contribution in [2.45, 2.75) is 0 Å². The van der Waals surface area contributed by atoms with Crippen LogP contribution in [0.1, 0.15) is 11.1 Å². The molecular weight excluding hydrogens is 250 g/mol. The Bertz CT molecular complexity index is 463. The highest BCUT2D eigenvalue weighted by Gasteiger charge is 1.93. The normalized spacial score (nSPS) is 10.7. The molecule has 1 aromatic carbocycles. The van der Waals surface area contributed by atoms with Crippen molar-refractivity contribution in [3.8, 4) is 0 Å². The van der Waals surface area contributed by atoms with Crippen LogP contribution < -0.4 is 0 Å². The van der Waals surface area contributed by atoms with Gasteiger partial charge < -0.3 is 0 Å². The average molecular weight is 260 g/mol. The van der Waals surface area contributed by atoms with E-state index in [2.05, 4.69) is 45.2 Å². The predicted octanol–water partition coefficient (Wildman–Crippen LogP) is 4.01. The van der Waals surface area contributed by atoms with Crippen LogP contribution in [0, 0.1) is 0 Å². The standard InChI is InChI=1S/C13H10BrN/c14-13-10-15-9-8-12(13)7-6-11-4-2-1-3-5-11/h1-10H. The Morgan fingerprint density at radius 3 is 2.53 bits per heavy atom. The molecule has 2 rings (SSSR count). The third-order valence-electron chi connectivity index (χ3n) is 2.06. The second kappa shape index (κ2) is 4.89. The second-order valence-corrected chi connectivity index (χ2v) is 4.00. The van der Waals surface area contributed by atoms with E-state index >= 15 is 0 Å². The lowest BCUT2D eigenvalue weighted by Gasteiger charge is -1.96. The van der Waals surface area contributed by atoms with Crippen LogP contribution in [0.2, 0.25) is 0 Å². The van der Waals surface area contributed by atoms with Gasteiger partial charge in [-0.1, -0.05) is 42.5 Å². The van der Waals surface area contributed by atoms with Gasteiger partial charge in [0, 0.05) is 16.9 Å². The number of hydrogen-bond donors (Lipinski definition) is 0. The summed E-state index contributed by atoms with van der Waals surface area (Å²) < 4.78 is 1.01. The zero-order chi connectivity index (χ0) is 10.5. The van der Waals surface area contributed by atoms with Crippen LogP contribution in [0.4, 0.5) is 0 Å². The Hall–Kier alpha value is -1.41. The predicted molar refractivity (Wildman–Crippen MR) is 67.3 cm³/mol. The molecule has 0 aliphatic carbocycles. The molecule has 0 amide bonds. The van der Waals surface area contributed by atoms with E-state index in [1.807, 2.05) is 24.3 Å². The average Bonchev–Trinajstić information content (AvgIpc) is 2.29. The first-order valence-electron chi connectivity index (χ1n) is 4.69. The molecule has 0 saturated heterocycles. The minimum Gasteiger partial charge on any atom is -0.264 e. The molecule has 1 aromatic heterocycles. The fourth-order valence-corrected chi connectivity index (χ4v) is 1.65. The van der Waals surface area contributed by atoms with Crippen LogP contribution in [0.15, 0.2) is 53.3 Å². The van der Waals surface area contributed by atoms with Crippen molar-refractivity contribution in [1.29, 1.82) is 0 Å². The molecule has 2 aromatic rings.